The second-order valence-corrected chi connectivity index (χ2v) is 9.83. The van der Waals surface area contributed by atoms with E-state index in [1.165, 1.54) is 30.0 Å². The topological polar surface area (TPSA) is 189 Å². The molecule has 1 aliphatic rings. The molecule has 43 heavy (non-hydrogen) atoms. The number of imidazole rings is 1. The Morgan fingerprint density at radius 1 is 1.30 bits per heavy atom. The standard InChI is InChI=1S/C25H27ClF3N11O3/c1-3-32-21-22-34-10-14(9-31)40(22)38-23(37-21)35-16-6-13(8-30)7-18(20(16)26)39-5-4-15(36-24(42)43-2)17(12-39)33-11-19(41)25(27,28)29/h6-7,10,15,17,19,33,41H,3-5,11-12H2,1-2H3,(H,36,42)(H2,32,35,37,38)/t15-,17-,19?/m0/s1. The van der Waals surface area contributed by atoms with Gasteiger partial charge in [0, 0.05) is 32.2 Å². The minimum absolute atomic E-state index is 0.0440. The molecule has 0 bridgehead atoms. The molecule has 18 heteroatoms. The normalized spacial score (nSPS) is 17.6. The first-order chi connectivity index (χ1) is 20.5. The molecule has 1 amide bonds. The molecule has 2 aromatic heterocycles. The number of alkyl carbamates (subject to hydrolysis) is 1. The smallest absolute Gasteiger partial charge is 0.415 e. The number of carbonyl (C=O) groups is 1. The van der Waals surface area contributed by atoms with Crippen molar-refractivity contribution in [2.24, 2.45) is 0 Å². The van der Waals surface area contributed by atoms with Gasteiger partial charge in [0.15, 0.2) is 23.3 Å². The Kier molecular flexibility index (Phi) is 9.59. The number of ether oxygens (including phenoxy) is 1. The van der Waals surface area contributed by atoms with Crippen LogP contribution in [0.3, 0.4) is 0 Å². The van der Waals surface area contributed by atoms with Crippen LogP contribution in [0.4, 0.5) is 41.1 Å². The number of halogens is 4. The highest BCUT2D eigenvalue weighted by molar-refractivity contribution is 6.36. The van der Waals surface area contributed by atoms with Crippen LogP contribution in [-0.2, 0) is 4.74 Å². The largest absolute Gasteiger partial charge is 0.453 e. The second-order valence-electron chi connectivity index (χ2n) is 9.45. The first-order valence-electron chi connectivity index (χ1n) is 13.0. The van der Waals surface area contributed by atoms with Crippen LogP contribution in [0.5, 0.6) is 0 Å². The molecule has 0 radical (unpaired) electrons. The van der Waals surface area contributed by atoms with Crippen LogP contribution in [0, 0.1) is 22.7 Å². The number of amides is 1. The van der Waals surface area contributed by atoms with E-state index >= 15 is 0 Å². The first kappa shape index (κ1) is 31.4. The number of fused-ring (bicyclic) bond motifs is 1. The highest BCUT2D eigenvalue weighted by Crippen LogP contribution is 2.37. The van der Waals surface area contributed by atoms with E-state index in [0.717, 1.165) is 0 Å². The highest BCUT2D eigenvalue weighted by atomic mass is 35.5. The summed E-state index contributed by atoms with van der Waals surface area (Å²) in [5, 5.41) is 44.6. The molecule has 1 aromatic carbocycles. The van der Waals surface area contributed by atoms with E-state index in [-0.39, 0.29) is 40.9 Å². The maximum Gasteiger partial charge on any atom is 0.415 e. The molecule has 5 N–H and O–H groups in total. The maximum atomic E-state index is 13.0. The lowest BCUT2D eigenvalue weighted by molar-refractivity contribution is -0.202. The van der Waals surface area contributed by atoms with Gasteiger partial charge in [-0.1, -0.05) is 11.6 Å². The van der Waals surface area contributed by atoms with Gasteiger partial charge >= 0.3 is 12.3 Å². The summed E-state index contributed by atoms with van der Waals surface area (Å²) in [6.07, 6.45) is -6.59. The fourth-order valence-corrected chi connectivity index (χ4v) is 4.83. The Balaban J connectivity index is 1.66. The summed E-state index contributed by atoms with van der Waals surface area (Å²) in [6, 6.07) is 5.68. The molecular formula is C25H27ClF3N11O3. The lowest BCUT2D eigenvalue weighted by Gasteiger charge is -2.41. The number of aliphatic hydroxyl groups is 1. The number of benzene rings is 1. The lowest BCUT2D eigenvalue weighted by Crippen LogP contribution is -2.61. The molecule has 1 saturated heterocycles. The zero-order valence-corrected chi connectivity index (χ0v) is 23.7. The third-order valence-electron chi connectivity index (χ3n) is 6.64. The van der Waals surface area contributed by atoms with Gasteiger partial charge in [0.05, 0.1) is 47.4 Å². The van der Waals surface area contributed by atoms with Gasteiger partial charge < -0.3 is 36.0 Å². The SMILES string of the molecule is CCNc1nc(Nc2cc(C#N)cc(N3CC[C@H](NC(=O)OC)[C@@H](NCC(O)C(F)(F)F)C3)c2Cl)nn2c(C#N)cnc12. The van der Waals surface area contributed by atoms with Crippen molar-refractivity contribution in [2.45, 2.75) is 37.7 Å². The van der Waals surface area contributed by atoms with Crippen LogP contribution in [0.2, 0.25) is 5.02 Å². The molecule has 0 saturated carbocycles. The van der Waals surface area contributed by atoms with Gasteiger partial charge in [0.25, 0.3) is 0 Å². The number of nitrogens with zero attached hydrogens (tertiary/aromatic N) is 7. The Morgan fingerprint density at radius 3 is 2.72 bits per heavy atom. The zero-order chi connectivity index (χ0) is 31.3. The van der Waals surface area contributed by atoms with Crippen LogP contribution in [0.1, 0.15) is 24.6 Å². The number of nitriles is 2. The fraction of sp³-hybridized carbons (Fsp3) is 0.440. The Labute approximate surface area is 248 Å². The van der Waals surface area contributed by atoms with E-state index < -0.39 is 37.0 Å². The molecule has 228 valence electrons. The molecule has 1 unspecified atom stereocenters. The quantitative estimate of drug-likeness (QED) is 0.235. The molecule has 3 heterocycles. The van der Waals surface area contributed by atoms with Gasteiger partial charge in [-0.25, -0.2) is 9.78 Å². The van der Waals surface area contributed by atoms with Crippen molar-refractivity contribution in [2.75, 3.05) is 48.8 Å². The average Bonchev–Trinajstić information content (AvgIpc) is 3.40. The van der Waals surface area contributed by atoms with E-state index in [0.29, 0.717) is 30.2 Å². The van der Waals surface area contributed by atoms with Gasteiger partial charge in [-0.15, -0.1) is 5.10 Å². The number of hydrogen-bond acceptors (Lipinski definition) is 12. The zero-order valence-electron chi connectivity index (χ0n) is 22.9. The van der Waals surface area contributed by atoms with Crippen molar-refractivity contribution in [3.05, 3.63) is 34.6 Å². The average molecular weight is 622 g/mol. The number of rotatable bonds is 9. The van der Waals surface area contributed by atoms with Crippen molar-refractivity contribution < 1.29 is 27.8 Å². The Bertz CT molecular complexity index is 1570. The van der Waals surface area contributed by atoms with E-state index in [1.54, 1.807) is 4.90 Å². The van der Waals surface area contributed by atoms with Crippen LogP contribution in [0.15, 0.2) is 18.3 Å². The van der Waals surface area contributed by atoms with Crippen molar-refractivity contribution in [3.63, 3.8) is 0 Å². The summed E-state index contributed by atoms with van der Waals surface area (Å²) in [6.45, 7) is 1.91. The van der Waals surface area contributed by atoms with Crippen LogP contribution >= 0.6 is 11.6 Å². The van der Waals surface area contributed by atoms with E-state index in [4.69, 9.17) is 11.6 Å². The Hall–Kier alpha value is -4.58. The molecule has 1 fully saturated rings. The van der Waals surface area contributed by atoms with E-state index in [1.807, 2.05) is 13.0 Å². The minimum Gasteiger partial charge on any atom is -0.453 e. The minimum atomic E-state index is -4.83. The van der Waals surface area contributed by atoms with Crippen LogP contribution in [0.25, 0.3) is 5.65 Å². The van der Waals surface area contributed by atoms with Gasteiger partial charge in [-0.3, -0.25) is 0 Å². The monoisotopic (exact) mass is 621 g/mol. The van der Waals surface area contributed by atoms with Gasteiger partial charge in [0.1, 0.15) is 6.07 Å². The predicted octanol–water partition coefficient (Wildman–Crippen LogP) is 2.51. The highest BCUT2D eigenvalue weighted by Gasteiger charge is 2.39. The number of hydrogen-bond donors (Lipinski definition) is 5. The number of methoxy groups -OCH3 is 1. The number of alkyl halides is 3. The summed E-state index contributed by atoms with van der Waals surface area (Å²) in [4.78, 5) is 22.3. The summed E-state index contributed by atoms with van der Waals surface area (Å²) >= 11 is 6.80. The molecule has 3 atom stereocenters. The van der Waals surface area contributed by atoms with Gasteiger partial charge in [-0.2, -0.15) is 33.2 Å². The summed E-state index contributed by atoms with van der Waals surface area (Å²) in [7, 11) is 1.17. The molecule has 14 nitrogen and oxygen atoms in total. The number of nitrogens with one attached hydrogen (secondary N) is 4. The molecule has 0 spiro atoms. The summed E-state index contributed by atoms with van der Waals surface area (Å²) in [5.74, 6) is 0.395. The molecule has 3 aromatic rings. The van der Waals surface area contributed by atoms with Gasteiger partial charge in [0.2, 0.25) is 5.95 Å². The van der Waals surface area contributed by atoms with Gasteiger partial charge in [-0.05, 0) is 25.5 Å². The fourth-order valence-electron chi connectivity index (χ4n) is 4.55. The second kappa shape index (κ2) is 13.2. The van der Waals surface area contributed by atoms with Crippen LogP contribution in [-0.4, -0.2) is 88.4 Å². The number of piperidine rings is 1. The van der Waals surface area contributed by atoms with E-state index in [2.05, 4.69) is 47.1 Å². The van der Waals surface area contributed by atoms with E-state index in [9.17, 15) is 33.6 Å². The van der Waals surface area contributed by atoms with Crippen molar-refractivity contribution in [1.82, 2.24) is 30.2 Å². The summed E-state index contributed by atoms with van der Waals surface area (Å²) in [5.41, 5.74) is 1.34. The lowest BCUT2D eigenvalue weighted by atomic mass is 9.98. The maximum absolute atomic E-state index is 13.0. The van der Waals surface area contributed by atoms with Crippen molar-refractivity contribution in [3.8, 4) is 12.1 Å². The Morgan fingerprint density at radius 2 is 2.07 bits per heavy atom. The number of carbonyl (C=O) groups excluding carboxylic acids is 1. The molecular weight excluding hydrogens is 595 g/mol. The third kappa shape index (κ3) is 7.08. The van der Waals surface area contributed by atoms with Crippen molar-refractivity contribution >= 4 is 46.5 Å². The molecule has 1 aliphatic heterocycles. The predicted molar refractivity (Wildman–Crippen MR) is 149 cm³/mol. The number of aromatic nitrogens is 4. The number of aliphatic hydroxyl groups excluding tert-OH is 1. The number of anilines is 4. The first-order valence-corrected chi connectivity index (χ1v) is 13.3. The third-order valence-corrected chi connectivity index (χ3v) is 7.04. The van der Waals surface area contributed by atoms with Crippen molar-refractivity contribution in [1.29, 1.82) is 10.5 Å². The summed E-state index contributed by atoms with van der Waals surface area (Å²) < 4.78 is 44.8. The molecule has 0 aliphatic carbocycles. The van der Waals surface area contributed by atoms with Crippen LogP contribution < -0.4 is 26.2 Å². The molecule has 4 rings (SSSR count).